The number of ether oxygens (including phenoxy) is 1. The number of hydrogen-bond donors (Lipinski definition) is 0. The van der Waals surface area contributed by atoms with Crippen molar-refractivity contribution in [2.75, 3.05) is 20.7 Å². The van der Waals surface area contributed by atoms with Crippen molar-refractivity contribution in [2.45, 2.75) is 19.5 Å². The van der Waals surface area contributed by atoms with Gasteiger partial charge in [0.2, 0.25) is 0 Å². The summed E-state index contributed by atoms with van der Waals surface area (Å²) < 4.78 is 6.87. The molecule has 1 aliphatic rings. The molecule has 5 heteroatoms. The van der Waals surface area contributed by atoms with Crippen molar-refractivity contribution in [3.8, 4) is 0 Å². The Morgan fingerprint density at radius 1 is 1.45 bits per heavy atom. The first kappa shape index (κ1) is 13.5. The van der Waals surface area contributed by atoms with Crippen LogP contribution in [0.25, 0.3) is 10.9 Å². The molecule has 2 heterocycles. The number of likely N-dealkylation sites (N-methyl/N-ethyl adjacent to an activating group) is 1. The largest absolute Gasteiger partial charge is 0.468 e. The van der Waals surface area contributed by atoms with Crippen LogP contribution < -0.4 is 0 Å². The second-order valence-corrected chi connectivity index (χ2v) is 5.67. The van der Waals surface area contributed by atoms with Gasteiger partial charge in [0.05, 0.1) is 7.11 Å². The molecule has 3 rings (SSSR count). The molecule has 0 fully saturated rings. The zero-order chi connectivity index (χ0) is 14.3. The van der Waals surface area contributed by atoms with Gasteiger partial charge < -0.3 is 14.2 Å². The highest BCUT2D eigenvalue weighted by Gasteiger charge is 2.23. The van der Waals surface area contributed by atoms with Crippen LogP contribution in [-0.2, 0) is 29.0 Å². The zero-order valence-electron chi connectivity index (χ0n) is 11.6. The van der Waals surface area contributed by atoms with Gasteiger partial charge in [-0.05, 0) is 37.2 Å². The number of aromatic nitrogens is 1. The molecular formula is C15H17ClN2O2. The van der Waals surface area contributed by atoms with Crippen LogP contribution in [0.2, 0.25) is 5.02 Å². The van der Waals surface area contributed by atoms with Crippen molar-refractivity contribution < 1.29 is 9.53 Å². The van der Waals surface area contributed by atoms with Crippen molar-refractivity contribution in [3.05, 3.63) is 34.5 Å². The average molecular weight is 293 g/mol. The number of fused-ring (bicyclic) bond motifs is 3. The maximum Gasteiger partial charge on any atom is 0.325 e. The maximum absolute atomic E-state index is 11.7. The van der Waals surface area contributed by atoms with E-state index in [4.69, 9.17) is 16.3 Å². The van der Waals surface area contributed by atoms with Gasteiger partial charge in [0, 0.05) is 34.7 Å². The van der Waals surface area contributed by atoms with E-state index in [0.29, 0.717) is 0 Å². The van der Waals surface area contributed by atoms with E-state index in [-0.39, 0.29) is 12.5 Å². The molecule has 0 N–H and O–H groups in total. The zero-order valence-corrected chi connectivity index (χ0v) is 12.4. The number of hydrogen-bond acceptors (Lipinski definition) is 3. The molecular weight excluding hydrogens is 276 g/mol. The van der Waals surface area contributed by atoms with Crippen molar-refractivity contribution in [1.82, 2.24) is 9.47 Å². The van der Waals surface area contributed by atoms with Gasteiger partial charge in [0.15, 0.2) is 0 Å². The first-order valence-corrected chi connectivity index (χ1v) is 7.03. The number of rotatable bonds is 2. The highest BCUT2D eigenvalue weighted by molar-refractivity contribution is 6.31. The third-order valence-electron chi connectivity index (χ3n) is 3.93. The van der Waals surface area contributed by atoms with Crippen molar-refractivity contribution in [3.63, 3.8) is 0 Å². The minimum atomic E-state index is -0.229. The number of halogens is 1. The molecule has 4 nitrogen and oxygen atoms in total. The van der Waals surface area contributed by atoms with E-state index in [0.717, 1.165) is 35.4 Å². The molecule has 0 saturated carbocycles. The third kappa shape index (κ3) is 2.19. The van der Waals surface area contributed by atoms with Gasteiger partial charge in [-0.15, -0.1) is 0 Å². The summed E-state index contributed by atoms with van der Waals surface area (Å²) in [5.74, 6) is -0.229. The highest BCUT2D eigenvalue weighted by Crippen LogP contribution is 2.32. The first-order chi connectivity index (χ1) is 9.60. The van der Waals surface area contributed by atoms with Crippen LogP contribution >= 0.6 is 11.6 Å². The van der Waals surface area contributed by atoms with E-state index in [1.165, 1.54) is 18.4 Å². The normalized spacial score (nSPS) is 15.3. The summed E-state index contributed by atoms with van der Waals surface area (Å²) in [7, 11) is 3.51. The molecule has 1 aromatic heterocycles. The highest BCUT2D eigenvalue weighted by atomic mass is 35.5. The second kappa shape index (κ2) is 5.11. The lowest BCUT2D eigenvalue weighted by molar-refractivity contribution is -0.141. The van der Waals surface area contributed by atoms with E-state index in [1.54, 1.807) is 0 Å². The van der Waals surface area contributed by atoms with Crippen LogP contribution in [0.15, 0.2) is 18.2 Å². The number of carbonyl (C=O) groups is 1. The molecule has 0 unspecified atom stereocenters. The van der Waals surface area contributed by atoms with Gasteiger partial charge in [-0.2, -0.15) is 0 Å². The second-order valence-electron chi connectivity index (χ2n) is 5.24. The lowest BCUT2D eigenvalue weighted by Crippen LogP contribution is -2.28. The lowest BCUT2D eigenvalue weighted by Gasteiger charge is -2.24. The molecule has 0 bridgehead atoms. The Morgan fingerprint density at radius 2 is 2.25 bits per heavy atom. The van der Waals surface area contributed by atoms with E-state index < -0.39 is 0 Å². The maximum atomic E-state index is 11.7. The summed E-state index contributed by atoms with van der Waals surface area (Å²) in [5, 5.41) is 1.89. The monoisotopic (exact) mass is 292 g/mol. The van der Waals surface area contributed by atoms with Crippen LogP contribution in [0, 0.1) is 0 Å². The fraction of sp³-hybridized carbons (Fsp3) is 0.400. The molecule has 0 radical (unpaired) electrons. The van der Waals surface area contributed by atoms with Crippen molar-refractivity contribution in [1.29, 1.82) is 0 Å². The smallest absolute Gasteiger partial charge is 0.325 e. The van der Waals surface area contributed by atoms with Crippen LogP contribution in [0.5, 0.6) is 0 Å². The standard InChI is InChI=1S/C15H17ClN2O2/c1-17-6-5-11-12-7-10(16)3-4-13(12)18(14(11)8-17)9-15(19)20-2/h3-4,7H,5-6,8-9H2,1-2H3. The Balaban J connectivity index is 2.20. The Kier molecular flexibility index (Phi) is 3.44. The number of methoxy groups -OCH3 is 1. The summed E-state index contributed by atoms with van der Waals surface area (Å²) in [6.07, 6.45) is 0.983. The summed E-state index contributed by atoms with van der Waals surface area (Å²) in [6, 6.07) is 5.85. The van der Waals surface area contributed by atoms with E-state index in [2.05, 4.69) is 16.5 Å². The topological polar surface area (TPSA) is 34.5 Å². The summed E-state index contributed by atoms with van der Waals surface area (Å²) >= 11 is 6.12. The Hall–Kier alpha value is -1.52. The average Bonchev–Trinajstić information content (AvgIpc) is 2.72. The molecule has 106 valence electrons. The van der Waals surface area contributed by atoms with Gasteiger partial charge in [-0.1, -0.05) is 11.6 Å². The summed E-state index contributed by atoms with van der Waals surface area (Å²) in [4.78, 5) is 13.9. The molecule has 2 aromatic rings. The first-order valence-electron chi connectivity index (χ1n) is 6.65. The van der Waals surface area contributed by atoms with Crippen LogP contribution in [-0.4, -0.2) is 36.1 Å². The van der Waals surface area contributed by atoms with Gasteiger partial charge in [0.25, 0.3) is 0 Å². The van der Waals surface area contributed by atoms with Gasteiger partial charge >= 0.3 is 5.97 Å². The third-order valence-corrected chi connectivity index (χ3v) is 4.16. The van der Waals surface area contributed by atoms with Gasteiger partial charge in [-0.3, -0.25) is 4.79 Å². The molecule has 0 amide bonds. The van der Waals surface area contributed by atoms with Crippen molar-refractivity contribution in [2.24, 2.45) is 0 Å². The van der Waals surface area contributed by atoms with Crippen LogP contribution in [0.3, 0.4) is 0 Å². The van der Waals surface area contributed by atoms with Crippen molar-refractivity contribution >= 4 is 28.5 Å². The molecule has 0 saturated heterocycles. The van der Waals surface area contributed by atoms with Gasteiger partial charge in [0.1, 0.15) is 6.54 Å². The fourth-order valence-electron chi connectivity index (χ4n) is 2.92. The summed E-state index contributed by atoms with van der Waals surface area (Å²) in [5.41, 5.74) is 3.56. The number of esters is 1. The predicted molar refractivity (Wildman–Crippen MR) is 79.0 cm³/mol. The van der Waals surface area contributed by atoms with E-state index in [9.17, 15) is 4.79 Å². The van der Waals surface area contributed by atoms with Gasteiger partial charge in [-0.25, -0.2) is 0 Å². The van der Waals surface area contributed by atoms with E-state index >= 15 is 0 Å². The van der Waals surface area contributed by atoms with Crippen LogP contribution in [0.4, 0.5) is 0 Å². The summed E-state index contributed by atoms with van der Waals surface area (Å²) in [6.45, 7) is 2.12. The fourth-order valence-corrected chi connectivity index (χ4v) is 3.09. The molecule has 1 aliphatic heterocycles. The molecule has 0 spiro atoms. The molecule has 0 atom stereocenters. The van der Waals surface area contributed by atoms with Crippen LogP contribution in [0.1, 0.15) is 11.3 Å². The SMILES string of the molecule is COC(=O)Cn1c2c(c3cc(Cl)ccc31)CCN(C)C2. The molecule has 0 aliphatic carbocycles. The lowest BCUT2D eigenvalue weighted by atomic mass is 10.0. The minimum absolute atomic E-state index is 0.229. The quantitative estimate of drug-likeness (QED) is 0.798. The van der Waals surface area contributed by atoms with E-state index in [1.807, 2.05) is 18.2 Å². The minimum Gasteiger partial charge on any atom is -0.468 e. The molecule has 20 heavy (non-hydrogen) atoms. The Labute approximate surface area is 122 Å². The number of nitrogens with zero attached hydrogens (tertiary/aromatic N) is 2. The Morgan fingerprint density at radius 3 is 3.00 bits per heavy atom. The predicted octanol–water partition coefficient (Wildman–Crippen LogP) is 2.46. The number of carbonyl (C=O) groups excluding carboxylic acids is 1. The Bertz CT molecular complexity index is 678. The molecule has 1 aromatic carbocycles. The number of benzene rings is 1.